The van der Waals surface area contributed by atoms with Crippen LogP contribution < -0.4 is 10.1 Å². The van der Waals surface area contributed by atoms with Gasteiger partial charge in [-0.3, -0.25) is 4.79 Å². The highest BCUT2D eigenvalue weighted by Crippen LogP contribution is 2.20. The molecule has 1 amide bonds. The number of nitrogens with zero attached hydrogens (tertiary/aromatic N) is 2. The van der Waals surface area contributed by atoms with Crippen LogP contribution in [0.15, 0.2) is 42.5 Å². The lowest BCUT2D eigenvalue weighted by Crippen LogP contribution is -2.08. The Morgan fingerprint density at radius 3 is 2.26 bits per heavy atom. The Morgan fingerprint density at radius 2 is 1.70 bits per heavy atom. The summed E-state index contributed by atoms with van der Waals surface area (Å²) in [6, 6.07) is 8.66. The molecular weight excluding hydrogens is 298 g/mol. The predicted octanol–water partition coefficient (Wildman–Crippen LogP) is 2.47. The lowest BCUT2D eigenvalue weighted by Gasteiger charge is -2.07. The van der Waals surface area contributed by atoms with Gasteiger partial charge in [0.1, 0.15) is 5.75 Å². The maximum Gasteiger partial charge on any atom is 0.328 e. The Hall–Kier alpha value is -3.22. The molecule has 2 N–H and O–H groups in total. The van der Waals surface area contributed by atoms with Crippen molar-refractivity contribution in [2.24, 2.45) is 0 Å². The third-order valence-corrected chi connectivity index (χ3v) is 2.67. The number of carbonyl (C=O) groups excluding carboxylic acids is 1. The Kier molecular flexibility index (Phi) is 5.03. The lowest BCUT2D eigenvalue weighted by atomic mass is 10.3. The predicted molar refractivity (Wildman–Crippen MR) is 83.4 cm³/mol. The first-order chi connectivity index (χ1) is 10.9. The number of aryl methyl sites for hydroxylation is 2. The summed E-state index contributed by atoms with van der Waals surface area (Å²) in [5, 5.41) is 11.0. The first-order valence-electron chi connectivity index (χ1n) is 6.74. The highest BCUT2D eigenvalue weighted by molar-refractivity contribution is 6.02. The van der Waals surface area contributed by atoms with Crippen LogP contribution in [-0.2, 0) is 9.59 Å². The number of hydrogen-bond acceptors (Lipinski definition) is 5. The van der Waals surface area contributed by atoms with Crippen LogP contribution in [0.4, 0.5) is 5.69 Å². The van der Waals surface area contributed by atoms with E-state index >= 15 is 0 Å². The number of nitrogens with one attached hydrogen (secondary N) is 1. The zero-order valence-corrected chi connectivity index (χ0v) is 12.6. The van der Waals surface area contributed by atoms with Gasteiger partial charge in [0.15, 0.2) is 0 Å². The van der Waals surface area contributed by atoms with E-state index in [1.165, 1.54) is 0 Å². The molecule has 2 aromatic rings. The number of carbonyl (C=O) groups is 2. The maximum atomic E-state index is 11.5. The van der Waals surface area contributed by atoms with Gasteiger partial charge in [0, 0.05) is 29.2 Å². The molecule has 1 heterocycles. The van der Waals surface area contributed by atoms with Gasteiger partial charge in [-0.15, -0.1) is 0 Å². The molecule has 23 heavy (non-hydrogen) atoms. The van der Waals surface area contributed by atoms with Gasteiger partial charge in [0.25, 0.3) is 0 Å². The van der Waals surface area contributed by atoms with Gasteiger partial charge >= 0.3 is 12.0 Å². The Balaban J connectivity index is 2.02. The van der Waals surface area contributed by atoms with E-state index in [1.54, 1.807) is 24.3 Å². The molecule has 118 valence electrons. The van der Waals surface area contributed by atoms with Crippen molar-refractivity contribution in [3.8, 4) is 11.8 Å². The van der Waals surface area contributed by atoms with E-state index in [2.05, 4.69) is 15.3 Å². The standard InChI is InChI=1S/C16H15N3O4/c1-10-9-11(2)18-16(17-10)23-13-5-3-12(4-6-13)19-14(20)7-8-15(21)22/h3-9H,1-2H3,(H,19,20)(H,21,22)/b8-7+. The largest absolute Gasteiger partial charge is 0.478 e. The fourth-order valence-corrected chi connectivity index (χ4v) is 1.78. The fourth-order valence-electron chi connectivity index (χ4n) is 1.78. The summed E-state index contributed by atoms with van der Waals surface area (Å²) >= 11 is 0. The number of carboxylic acids is 1. The molecule has 2 rings (SSSR count). The summed E-state index contributed by atoms with van der Waals surface area (Å²) in [5.41, 5.74) is 2.13. The van der Waals surface area contributed by atoms with Gasteiger partial charge in [0.05, 0.1) is 0 Å². The third-order valence-electron chi connectivity index (χ3n) is 2.67. The van der Waals surface area contributed by atoms with E-state index in [-0.39, 0.29) is 6.01 Å². The van der Waals surface area contributed by atoms with Crippen molar-refractivity contribution in [2.75, 3.05) is 5.32 Å². The molecule has 0 radical (unpaired) electrons. The third kappa shape index (κ3) is 5.24. The first-order valence-corrected chi connectivity index (χ1v) is 6.74. The molecule has 0 atom stereocenters. The van der Waals surface area contributed by atoms with Crippen molar-refractivity contribution in [3.05, 3.63) is 53.9 Å². The van der Waals surface area contributed by atoms with Crippen LogP contribution in [0.5, 0.6) is 11.8 Å². The van der Waals surface area contributed by atoms with E-state index in [0.717, 1.165) is 23.5 Å². The Bertz CT molecular complexity index is 734. The van der Waals surface area contributed by atoms with Crippen LogP contribution >= 0.6 is 0 Å². The summed E-state index contributed by atoms with van der Waals surface area (Å²) in [5.74, 6) is -1.19. The Morgan fingerprint density at radius 1 is 1.09 bits per heavy atom. The monoisotopic (exact) mass is 313 g/mol. The number of benzene rings is 1. The first kappa shape index (κ1) is 16.2. The maximum absolute atomic E-state index is 11.5. The number of hydrogen-bond donors (Lipinski definition) is 2. The number of amides is 1. The molecule has 0 aliphatic rings. The zero-order chi connectivity index (χ0) is 16.8. The molecule has 7 nitrogen and oxygen atoms in total. The van der Waals surface area contributed by atoms with Crippen LogP contribution in [0.1, 0.15) is 11.4 Å². The van der Waals surface area contributed by atoms with Gasteiger partial charge in [0.2, 0.25) is 5.91 Å². The van der Waals surface area contributed by atoms with Gasteiger partial charge in [-0.05, 0) is 44.2 Å². The van der Waals surface area contributed by atoms with Crippen molar-refractivity contribution in [1.29, 1.82) is 0 Å². The minimum absolute atomic E-state index is 0.253. The highest BCUT2D eigenvalue weighted by atomic mass is 16.5. The SMILES string of the molecule is Cc1cc(C)nc(Oc2ccc(NC(=O)/C=C/C(=O)O)cc2)n1. The second-order valence-electron chi connectivity index (χ2n) is 4.72. The van der Waals surface area contributed by atoms with Crippen molar-refractivity contribution in [3.63, 3.8) is 0 Å². The number of aliphatic carboxylic acids is 1. The minimum atomic E-state index is -1.18. The molecular formula is C16H15N3O4. The molecule has 1 aromatic carbocycles. The molecule has 0 aliphatic carbocycles. The van der Waals surface area contributed by atoms with Crippen LogP contribution in [0.2, 0.25) is 0 Å². The average molecular weight is 313 g/mol. The van der Waals surface area contributed by atoms with E-state index in [9.17, 15) is 9.59 Å². The summed E-state index contributed by atoms with van der Waals surface area (Å²) in [6.07, 6.45) is 1.71. The highest BCUT2D eigenvalue weighted by Gasteiger charge is 2.04. The second kappa shape index (κ2) is 7.17. The Labute approximate surface area is 132 Å². The number of anilines is 1. The number of rotatable bonds is 5. The summed E-state index contributed by atoms with van der Waals surface area (Å²) in [6.45, 7) is 3.70. The van der Waals surface area contributed by atoms with Gasteiger partial charge in [-0.25, -0.2) is 14.8 Å². The molecule has 0 unspecified atom stereocenters. The quantitative estimate of drug-likeness (QED) is 0.822. The van der Waals surface area contributed by atoms with Crippen LogP contribution in [0, 0.1) is 13.8 Å². The van der Waals surface area contributed by atoms with E-state index < -0.39 is 11.9 Å². The lowest BCUT2D eigenvalue weighted by molar-refractivity contribution is -0.131. The van der Waals surface area contributed by atoms with Gasteiger partial charge in [-0.2, -0.15) is 0 Å². The number of carboxylic acid groups (broad SMARTS) is 1. The fraction of sp³-hybridized carbons (Fsp3) is 0.125. The molecule has 0 saturated heterocycles. The summed E-state index contributed by atoms with van der Waals surface area (Å²) in [4.78, 5) is 30.1. The summed E-state index contributed by atoms with van der Waals surface area (Å²) in [7, 11) is 0. The molecule has 7 heteroatoms. The molecule has 0 bridgehead atoms. The van der Waals surface area contributed by atoms with E-state index in [0.29, 0.717) is 11.4 Å². The molecule has 0 fully saturated rings. The minimum Gasteiger partial charge on any atom is -0.478 e. The molecule has 0 aliphatic heterocycles. The van der Waals surface area contributed by atoms with Crippen LogP contribution in [0.25, 0.3) is 0 Å². The van der Waals surface area contributed by atoms with Gasteiger partial charge in [-0.1, -0.05) is 0 Å². The van der Waals surface area contributed by atoms with Crippen molar-refractivity contribution in [1.82, 2.24) is 9.97 Å². The van der Waals surface area contributed by atoms with E-state index in [4.69, 9.17) is 9.84 Å². The van der Waals surface area contributed by atoms with Crippen LogP contribution in [-0.4, -0.2) is 27.0 Å². The van der Waals surface area contributed by atoms with Crippen molar-refractivity contribution >= 4 is 17.6 Å². The topological polar surface area (TPSA) is 101 Å². The summed E-state index contributed by atoms with van der Waals surface area (Å²) < 4.78 is 5.55. The normalized spacial score (nSPS) is 10.5. The molecule has 0 saturated carbocycles. The second-order valence-corrected chi connectivity index (χ2v) is 4.72. The molecule has 1 aromatic heterocycles. The molecule has 0 spiro atoms. The average Bonchev–Trinajstić information content (AvgIpc) is 2.46. The van der Waals surface area contributed by atoms with Crippen molar-refractivity contribution < 1.29 is 19.4 Å². The zero-order valence-electron chi connectivity index (χ0n) is 12.6. The number of ether oxygens (including phenoxy) is 1. The smallest absolute Gasteiger partial charge is 0.328 e. The van der Waals surface area contributed by atoms with Crippen molar-refractivity contribution in [2.45, 2.75) is 13.8 Å². The van der Waals surface area contributed by atoms with E-state index in [1.807, 2.05) is 19.9 Å². The van der Waals surface area contributed by atoms with Crippen LogP contribution in [0.3, 0.4) is 0 Å². The number of aromatic nitrogens is 2. The van der Waals surface area contributed by atoms with Gasteiger partial charge < -0.3 is 15.2 Å².